The molecule has 0 aliphatic carbocycles. The Kier molecular flexibility index (Phi) is 6.04. The van der Waals surface area contributed by atoms with Crippen molar-refractivity contribution in [3.05, 3.63) is 0 Å². The lowest BCUT2D eigenvalue weighted by Gasteiger charge is -2.29. The summed E-state index contributed by atoms with van der Waals surface area (Å²) in [5, 5.41) is 13.0. The monoisotopic (exact) mass is 287 g/mol. The highest BCUT2D eigenvalue weighted by Gasteiger charge is 2.44. The molecule has 0 radical (unpaired) electrons. The molecule has 112 valence electrons. The predicted molar refractivity (Wildman–Crippen MR) is 60.4 cm³/mol. The van der Waals surface area contributed by atoms with Crippen molar-refractivity contribution >= 4 is 11.7 Å². The van der Waals surface area contributed by atoms with Gasteiger partial charge in [0.25, 0.3) is 0 Å². The molecule has 0 bridgehead atoms. The first-order valence-electron chi connectivity index (χ1n) is 5.60. The second-order valence-corrected chi connectivity index (χ2v) is 4.02. The zero-order valence-corrected chi connectivity index (χ0v) is 10.6. The van der Waals surface area contributed by atoms with Crippen molar-refractivity contribution in [1.29, 1.82) is 0 Å². The van der Waals surface area contributed by atoms with Crippen molar-refractivity contribution in [3.8, 4) is 0 Å². The number of hydrogen-bond donors (Lipinski definition) is 3. The van der Waals surface area contributed by atoms with Gasteiger partial charge in [0.15, 0.2) is 5.84 Å². The summed E-state index contributed by atoms with van der Waals surface area (Å²) in [4.78, 5) is 11.8. The van der Waals surface area contributed by atoms with E-state index in [4.69, 9.17) is 10.9 Å². The minimum Gasteiger partial charge on any atom is -0.409 e. The van der Waals surface area contributed by atoms with E-state index in [1.165, 1.54) is 13.8 Å². The van der Waals surface area contributed by atoms with Crippen LogP contribution in [0.1, 0.15) is 26.7 Å². The third-order valence-corrected chi connectivity index (χ3v) is 3.04. The zero-order chi connectivity index (χ0) is 15.3. The Morgan fingerprint density at radius 1 is 1.37 bits per heavy atom. The van der Waals surface area contributed by atoms with Gasteiger partial charge in [-0.05, 0) is 12.8 Å². The fourth-order valence-electron chi connectivity index (χ4n) is 1.59. The first kappa shape index (κ1) is 17.5. The van der Waals surface area contributed by atoms with Crippen LogP contribution in [0.2, 0.25) is 0 Å². The van der Waals surface area contributed by atoms with Gasteiger partial charge in [0, 0.05) is 0 Å². The normalized spacial score (nSPS) is 13.7. The molecule has 0 saturated carbocycles. The van der Waals surface area contributed by atoms with E-state index in [0.29, 0.717) is 0 Å². The number of hydrogen-bond acceptors (Lipinski definition) is 3. The van der Waals surface area contributed by atoms with E-state index in [9.17, 15) is 22.4 Å². The van der Waals surface area contributed by atoms with Crippen LogP contribution < -0.4 is 11.1 Å². The molecule has 0 rings (SSSR count). The topological polar surface area (TPSA) is 87.7 Å². The van der Waals surface area contributed by atoms with Crippen LogP contribution >= 0.6 is 0 Å². The Morgan fingerprint density at radius 3 is 2.16 bits per heavy atom. The smallest absolute Gasteiger partial charge is 0.324 e. The number of halogens is 4. The Balaban J connectivity index is 4.97. The van der Waals surface area contributed by atoms with Gasteiger partial charge in [-0.1, -0.05) is 19.0 Å². The number of nitrogens with two attached hydrogens (primary N) is 1. The number of carbonyl (C=O) groups is 1. The van der Waals surface area contributed by atoms with Gasteiger partial charge in [0.05, 0.1) is 6.54 Å². The summed E-state index contributed by atoms with van der Waals surface area (Å²) in [5.74, 6) is -5.75. The molecule has 0 fully saturated rings. The fourth-order valence-corrected chi connectivity index (χ4v) is 1.59. The maximum Gasteiger partial charge on any atom is 0.324 e. The Labute approximate surface area is 107 Å². The van der Waals surface area contributed by atoms with E-state index in [0.717, 1.165) is 0 Å². The first-order valence-corrected chi connectivity index (χ1v) is 5.60. The summed E-state index contributed by atoms with van der Waals surface area (Å²) in [6.07, 6.45) is -3.73. The summed E-state index contributed by atoms with van der Waals surface area (Å²) >= 11 is 0. The van der Waals surface area contributed by atoms with Gasteiger partial charge in [-0.15, -0.1) is 0 Å². The van der Waals surface area contributed by atoms with Crippen LogP contribution in [0.5, 0.6) is 0 Å². The maximum atomic E-state index is 12.7. The summed E-state index contributed by atoms with van der Waals surface area (Å²) in [5.41, 5.74) is 3.88. The molecule has 4 N–H and O–H groups in total. The van der Waals surface area contributed by atoms with Gasteiger partial charge in [-0.25, -0.2) is 8.78 Å². The highest BCUT2D eigenvalue weighted by Crippen LogP contribution is 2.28. The molecule has 0 saturated heterocycles. The molecule has 0 aromatic carbocycles. The molecular weight excluding hydrogens is 270 g/mol. The predicted octanol–water partition coefficient (Wildman–Crippen LogP) is 1.56. The van der Waals surface area contributed by atoms with Gasteiger partial charge in [-0.3, -0.25) is 4.79 Å². The van der Waals surface area contributed by atoms with Crippen molar-refractivity contribution in [3.63, 3.8) is 0 Å². The van der Waals surface area contributed by atoms with Crippen molar-refractivity contribution in [2.45, 2.75) is 39.0 Å². The zero-order valence-electron chi connectivity index (χ0n) is 10.6. The third-order valence-electron chi connectivity index (χ3n) is 3.04. The molecule has 0 spiro atoms. The summed E-state index contributed by atoms with van der Waals surface area (Å²) in [6.45, 7) is 1.56. The molecule has 0 aliphatic heterocycles. The summed E-state index contributed by atoms with van der Waals surface area (Å²) in [6, 6.07) is 0. The minimum absolute atomic E-state index is 0.0749. The summed E-state index contributed by atoms with van der Waals surface area (Å²) < 4.78 is 49.3. The molecule has 9 heteroatoms. The molecule has 0 heterocycles. The van der Waals surface area contributed by atoms with Crippen molar-refractivity contribution < 1.29 is 27.6 Å². The van der Waals surface area contributed by atoms with E-state index < -0.39 is 36.1 Å². The van der Waals surface area contributed by atoms with Gasteiger partial charge < -0.3 is 16.3 Å². The summed E-state index contributed by atoms with van der Waals surface area (Å²) in [7, 11) is 0. The second kappa shape index (κ2) is 6.58. The van der Waals surface area contributed by atoms with E-state index in [1.54, 1.807) is 5.32 Å². The van der Waals surface area contributed by atoms with Gasteiger partial charge in [0.2, 0.25) is 5.91 Å². The average molecular weight is 287 g/mol. The number of carbonyl (C=O) groups excluding carboxylic acids is 1. The average Bonchev–Trinajstić information content (AvgIpc) is 2.37. The maximum absolute atomic E-state index is 12.7. The Bertz CT molecular complexity index is 344. The fraction of sp³-hybridized carbons (Fsp3) is 0.800. The largest absolute Gasteiger partial charge is 0.409 e. The van der Waals surface area contributed by atoms with Gasteiger partial charge in [0.1, 0.15) is 5.41 Å². The number of nitrogens with zero attached hydrogens (tertiary/aromatic N) is 1. The van der Waals surface area contributed by atoms with Crippen LogP contribution in [-0.4, -0.2) is 35.8 Å². The van der Waals surface area contributed by atoms with Crippen LogP contribution in [0.25, 0.3) is 0 Å². The molecule has 5 nitrogen and oxygen atoms in total. The molecule has 1 amide bonds. The van der Waals surface area contributed by atoms with Crippen LogP contribution in [0.15, 0.2) is 5.16 Å². The van der Waals surface area contributed by atoms with Crippen LogP contribution in [-0.2, 0) is 4.79 Å². The van der Waals surface area contributed by atoms with Gasteiger partial charge >= 0.3 is 12.3 Å². The standard InChI is InChI=1S/C10H17F4N3O2/c1-3-9(4-2,7(15)17-19)8(18)16-5-10(13,14)6(11)12/h6,19H,3-5H2,1-2H3,(H2,15,17)(H,16,18). The highest BCUT2D eigenvalue weighted by atomic mass is 19.3. The van der Waals surface area contributed by atoms with Crippen molar-refractivity contribution in [2.24, 2.45) is 16.3 Å². The highest BCUT2D eigenvalue weighted by molar-refractivity contribution is 6.06. The molecule has 19 heavy (non-hydrogen) atoms. The number of amidine groups is 1. The molecule has 0 aromatic rings. The number of alkyl halides is 4. The van der Waals surface area contributed by atoms with E-state index >= 15 is 0 Å². The molecule has 0 aromatic heterocycles. The Morgan fingerprint density at radius 2 is 1.84 bits per heavy atom. The van der Waals surface area contributed by atoms with Crippen LogP contribution in [0.3, 0.4) is 0 Å². The SMILES string of the molecule is CCC(CC)(C(=O)NCC(F)(F)C(F)F)C(N)=NO. The van der Waals surface area contributed by atoms with E-state index in [1.807, 2.05) is 0 Å². The van der Waals surface area contributed by atoms with Gasteiger partial charge in [-0.2, -0.15) is 8.78 Å². The third kappa shape index (κ3) is 3.71. The van der Waals surface area contributed by atoms with Crippen LogP contribution in [0.4, 0.5) is 17.6 Å². The van der Waals surface area contributed by atoms with Crippen molar-refractivity contribution in [2.75, 3.05) is 6.54 Å². The number of amides is 1. The number of oxime groups is 1. The lowest BCUT2D eigenvalue weighted by Crippen LogP contribution is -2.52. The molecule has 0 unspecified atom stereocenters. The van der Waals surface area contributed by atoms with E-state index in [2.05, 4.69) is 5.16 Å². The lowest BCUT2D eigenvalue weighted by atomic mass is 9.80. The molecule has 0 atom stereocenters. The Hall–Kier alpha value is -1.54. The molecule has 0 aliphatic rings. The second-order valence-electron chi connectivity index (χ2n) is 4.02. The van der Waals surface area contributed by atoms with E-state index in [-0.39, 0.29) is 12.8 Å². The lowest BCUT2D eigenvalue weighted by molar-refractivity contribution is -0.140. The number of nitrogens with one attached hydrogen (secondary N) is 1. The molecular formula is C10H17F4N3O2. The number of rotatable bonds is 7. The van der Waals surface area contributed by atoms with Crippen molar-refractivity contribution in [1.82, 2.24) is 5.32 Å². The quantitative estimate of drug-likeness (QED) is 0.218. The first-order chi connectivity index (χ1) is 8.67. The minimum atomic E-state index is -4.33. The van der Waals surface area contributed by atoms with Crippen LogP contribution in [0, 0.1) is 5.41 Å².